The Morgan fingerprint density at radius 3 is 2.09 bits per heavy atom. The van der Waals surface area contributed by atoms with E-state index >= 15 is 0 Å². The van der Waals surface area contributed by atoms with E-state index in [9.17, 15) is 21.6 Å². The van der Waals surface area contributed by atoms with Crippen LogP contribution in [-0.2, 0) is 19.9 Å². The highest BCUT2D eigenvalue weighted by atomic mass is 35.5. The third-order valence-electron chi connectivity index (χ3n) is 7.55. The SMILES string of the molecule is CS(=O)(=O)Nc1ccc(-c2nc(NC(=O)N(CCC(c3ccccc3)c3ccccc3)C3CCS(=O)(=O)CC3)sc2Cl)cc1. The Labute approximate surface area is 267 Å². The normalized spacial score (nSPS) is 15.2. The van der Waals surface area contributed by atoms with E-state index in [1.807, 2.05) is 36.4 Å². The number of sulfone groups is 1. The van der Waals surface area contributed by atoms with Gasteiger partial charge in [0, 0.05) is 29.8 Å². The van der Waals surface area contributed by atoms with Crippen LogP contribution in [0.1, 0.15) is 36.3 Å². The average molecular weight is 673 g/mol. The second-order valence-electron chi connectivity index (χ2n) is 10.8. The van der Waals surface area contributed by atoms with Crippen molar-refractivity contribution in [3.8, 4) is 11.3 Å². The zero-order valence-electron chi connectivity index (χ0n) is 24.0. The zero-order valence-corrected chi connectivity index (χ0v) is 27.2. The van der Waals surface area contributed by atoms with Crippen LogP contribution in [0.5, 0.6) is 0 Å². The second-order valence-corrected chi connectivity index (χ2v) is 16.4. The number of carbonyl (C=O) groups excluding carboxylic acids is 1. The minimum absolute atomic E-state index is 0.0413. The fraction of sp³-hybridized carbons (Fsp3) is 0.290. The van der Waals surface area contributed by atoms with Crippen LogP contribution < -0.4 is 10.0 Å². The summed E-state index contributed by atoms with van der Waals surface area (Å²) in [6.07, 6.45) is 2.46. The molecular weight excluding hydrogens is 640 g/mol. The highest BCUT2D eigenvalue weighted by molar-refractivity contribution is 7.92. The smallest absolute Gasteiger partial charge is 0.321 e. The number of rotatable bonds is 10. The van der Waals surface area contributed by atoms with Crippen LogP contribution in [0.4, 0.5) is 15.6 Å². The van der Waals surface area contributed by atoms with Crippen molar-refractivity contribution in [3.63, 3.8) is 0 Å². The lowest BCUT2D eigenvalue weighted by atomic mass is 9.88. The lowest BCUT2D eigenvalue weighted by molar-refractivity contribution is 0.179. The predicted molar refractivity (Wildman–Crippen MR) is 178 cm³/mol. The molecule has 0 unspecified atom stereocenters. The van der Waals surface area contributed by atoms with E-state index in [2.05, 4.69) is 39.3 Å². The molecule has 0 radical (unpaired) electrons. The van der Waals surface area contributed by atoms with Gasteiger partial charge < -0.3 is 4.90 Å². The van der Waals surface area contributed by atoms with Crippen molar-refractivity contribution in [1.82, 2.24) is 9.88 Å². The van der Waals surface area contributed by atoms with Crippen molar-refractivity contribution in [2.45, 2.75) is 31.2 Å². The molecule has 1 saturated heterocycles. The van der Waals surface area contributed by atoms with Crippen molar-refractivity contribution in [2.75, 3.05) is 34.3 Å². The third kappa shape index (κ3) is 8.38. The van der Waals surface area contributed by atoms with E-state index < -0.39 is 19.9 Å². The van der Waals surface area contributed by atoms with Gasteiger partial charge in [-0.15, -0.1) is 0 Å². The molecule has 0 aliphatic carbocycles. The number of aromatic nitrogens is 1. The van der Waals surface area contributed by atoms with Crippen LogP contribution in [0.15, 0.2) is 84.9 Å². The molecular formula is C31H33ClN4O5S3. The standard InChI is InChI=1S/C31H33ClN4O5S3/c1-43(38,39)35-25-14-12-24(13-15-25)28-29(32)42-30(33-28)34-31(37)36(26-17-20-44(40,41)21-18-26)19-16-27(22-8-4-2-5-9-22)23-10-6-3-7-11-23/h2-15,26-27,35H,16-21H2,1H3,(H,33,34,37). The third-order valence-corrected chi connectivity index (χ3v) is 11.0. The number of nitrogens with one attached hydrogen (secondary N) is 2. The van der Waals surface area contributed by atoms with Gasteiger partial charge in [0.2, 0.25) is 10.0 Å². The zero-order chi connectivity index (χ0) is 31.3. The maximum Gasteiger partial charge on any atom is 0.323 e. The molecule has 2 amide bonds. The van der Waals surface area contributed by atoms with Crippen LogP contribution in [0, 0.1) is 0 Å². The fourth-order valence-electron chi connectivity index (χ4n) is 5.41. The topological polar surface area (TPSA) is 126 Å². The Morgan fingerprint density at radius 2 is 1.55 bits per heavy atom. The lowest BCUT2D eigenvalue weighted by Gasteiger charge is -2.35. The van der Waals surface area contributed by atoms with Crippen LogP contribution in [0.25, 0.3) is 11.3 Å². The molecule has 13 heteroatoms. The Morgan fingerprint density at radius 1 is 0.977 bits per heavy atom. The molecule has 1 aliphatic rings. The van der Waals surface area contributed by atoms with Gasteiger partial charge in [-0.05, 0) is 42.5 Å². The number of hydrogen-bond acceptors (Lipinski definition) is 7. The molecule has 44 heavy (non-hydrogen) atoms. The van der Waals surface area contributed by atoms with Gasteiger partial charge in [0.05, 0.1) is 17.8 Å². The van der Waals surface area contributed by atoms with E-state index in [1.165, 1.54) is 0 Å². The molecule has 232 valence electrons. The molecule has 2 heterocycles. The van der Waals surface area contributed by atoms with Crippen molar-refractivity contribution in [1.29, 1.82) is 0 Å². The molecule has 3 aromatic carbocycles. The maximum atomic E-state index is 13.8. The number of amides is 2. The Kier molecular flexibility index (Phi) is 9.94. The first-order valence-electron chi connectivity index (χ1n) is 14.1. The number of sulfonamides is 1. The number of benzene rings is 3. The molecule has 1 fully saturated rings. The van der Waals surface area contributed by atoms with Crippen molar-refractivity contribution >= 4 is 59.6 Å². The molecule has 0 bridgehead atoms. The van der Waals surface area contributed by atoms with Crippen molar-refractivity contribution in [3.05, 3.63) is 100 Å². The summed E-state index contributed by atoms with van der Waals surface area (Å²) in [5, 5.41) is 3.22. The Balaban J connectivity index is 1.36. The van der Waals surface area contributed by atoms with Gasteiger partial charge in [-0.3, -0.25) is 10.0 Å². The largest absolute Gasteiger partial charge is 0.323 e. The highest BCUT2D eigenvalue weighted by Gasteiger charge is 2.32. The summed E-state index contributed by atoms with van der Waals surface area (Å²) in [6, 6.07) is 26.3. The first-order chi connectivity index (χ1) is 21.0. The number of anilines is 2. The van der Waals surface area contributed by atoms with Gasteiger partial charge in [0.25, 0.3) is 0 Å². The summed E-state index contributed by atoms with van der Waals surface area (Å²) >= 11 is 7.64. The van der Waals surface area contributed by atoms with E-state index in [-0.39, 0.29) is 29.5 Å². The van der Waals surface area contributed by atoms with Crippen LogP contribution in [-0.4, -0.2) is 63.1 Å². The summed E-state index contributed by atoms with van der Waals surface area (Å²) in [7, 11) is -6.53. The van der Waals surface area contributed by atoms with Gasteiger partial charge in [0.1, 0.15) is 19.9 Å². The van der Waals surface area contributed by atoms with Gasteiger partial charge in [0.15, 0.2) is 5.13 Å². The first-order valence-corrected chi connectivity index (χ1v) is 19.0. The summed E-state index contributed by atoms with van der Waals surface area (Å²) in [4.78, 5) is 20.1. The number of urea groups is 1. The Hall–Kier alpha value is -3.45. The van der Waals surface area contributed by atoms with Gasteiger partial charge in [-0.2, -0.15) is 0 Å². The molecule has 1 aromatic heterocycles. The molecule has 4 aromatic rings. The molecule has 0 atom stereocenters. The minimum atomic E-state index is -3.41. The maximum absolute atomic E-state index is 13.8. The molecule has 2 N–H and O–H groups in total. The number of carbonyl (C=O) groups is 1. The van der Waals surface area contributed by atoms with Crippen molar-refractivity contribution in [2.24, 2.45) is 0 Å². The van der Waals surface area contributed by atoms with E-state index in [4.69, 9.17) is 11.6 Å². The van der Waals surface area contributed by atoms with Crippen molar-refractivity contribution < 1.29 is 21.6 Å². The second kappa shape index (κ2) is 13.7. The van der Waals surface area contributed by atoms with E-state index in [1.54, 1.807) is 29.2 Å². The van der Waals surface area contributed by atoms with Crippen LogP contribution in [0.2, 0.25) is 4.34 Å². The molecule has 0 saturated carbocycles. The van der Waals surface area contributed by atoms with Crippen LogP contribution >= 0.6 is 22.9 Å². The molecule has 0 spiro atoms. The first kappa shape index (κ1) is 32.0. The minimum Gasteiger partial charge on any atom is -0.321 e. The fourth-order valence-corrected chi connectivity index (χ4v) is 8.52. The summed E-state index contributed by atoms with van der Waals surface area (Å²) in [5.74, 6) is 0.125. The summed E-state index contributed by atoms with van der Waals surface area (Å²) < 4.78 is 50.2. The highest BCUT2D eigenvalue weighted by Crippen LogP contribution is 2.36. The summed E-state index contributed by atoms with van der Waals surface area (Å²) in [5.41, 5.74) is 3.81. The van der Waals surface area contributed by atoms with Crippen LogP contribution in [0.3, 0.4) is 0 Å². The number of nitrogens with zero attached hydrogens (tertiary/aromatic N) is 2. The monoisotopic (exact) mass is 672 g/mol. The van der Waals surface area contributed by atoms with Gasteiger partial charge in [-0.1, -0.05) is 95.7 Å². The average Bonchev–Trinajstić information content (AvgIpc) is 3.35. The van der Waals surface area contributed by atoms with E-state index in [0.717, 1.165) is 28.7 Å². The predicted octanol–water partition coefficient (Wildman–Crippen LogP) is 6.47. The lowest BCUT2D eigenvalue weighted by Crippen LogP contribution is -2.47. The quantitative estimate of drug-likeness (QED) is 0.199. The molecule has 1 aliphatic heterocycles. The molecule has 5 rings (SSSR count). The molecule has 9 nitrogen and oxygen atoms in total. The number of hydrogen-bond donors (Lipinski definition) is 2. The number of halogens is 1. The number of thiazole rings is 1. The van der Waals surface area contributed by atoms with Gasteiger partial charge in [-0.25, -0.2) is 26.6 Å². The Bertz CT molecular complexity index is 1750. The summed E-state index contributed by atoms with van der Waals surface area (Å²) in [6.45, 7) is 0.408. The van der Waals surface area contributed by atoms with E-state index in [0.29, 0.717) is 52.2 Å². The van der Waals surface area contributed by atoms with Gasteiger partial charge >= 0.3 is 6.03 Å².